The zero-order valence-corrected chi connectivity index (χ0v) is 11.6. The predicted octanol–water partition coefficient (Wildman–Crippen LogP) is 3.20. The lowest BCUT2D eigenvalue weighted by atomic mass is 9.83. The highest BCUT2D eigenvalue weighted by Gasteiger charge is 2.22. The average Bonchev–Trinajstić information content (AvgIpc) is 2.40. The maximum absolute atomic E-state index is 9.99. The van der Waals surface area contributed by atoms with Gasteiger partial charge in [0.1, 0.15) is 5.75 Å². The number of benzene rings is 1. The van der Waals surface area contributed by atoms with E-state index in [0.29, 0.717) is 11.8 Å². The van der Waals surface area contributed by atoms with E-state index in [1.165, 1.54) is 29.5 Å². The smallest absolute Gasteiger partial charge is 0.119 e. The van der Waals surface area contributed by atoms with Gasteiger partial charge in [-0.05, 0) is 61.4 Å². The Kier molecular flexibility index (Phi) is 4.65. The molecular formula is C16H25NO. The van der Waals surface area contributed by atoms with Gasteiger partial charge in [0.2, 0.25) is 0 Å². The standard InChI is InChI=1S/C16H25NO/c1-3-5-12-6-9-16(18)14-8-7-13(11-15(12)14)17-10-4-2/h6,9,13,17-18H,3-5,7-8,10-11H2,1-2H3/t13-/m0/s1. The van der Waals surface area contributed by atoms with E-state index in [4.69, 9.17) is 0 Å². The quantitative estimate of drug-likeness (QED) is 0.837. The molecule has 1 aliphatic rings. The Labute approximate surface area is 110 Å². The molecule has 1 aromatic rings. The summed E-state index contributed by atoms with van der Waals surface area (Å²) in [6.07, 6.45) is 6.73. The van der Waals surface area contributed by atoms with Crippen LogP contribution in [0, 0.1) is 0 Å². The van der Waals surface area contributed by atoms with Gasteiger partial charge in [-0.25, -0.2) is 0 Å². The molecule has 0 aliphatic heterocycles. The number of rotatable bonds is 5. The molecule has 2 heteroatoms. The normalized spacial score (nSPS) is 18.7. The van der Waals surface area contributed by atoms with Crippen LogP contribution >= 0.6 is 0 Å². The first-order valence-electron chi connectivity index (χ1n) is 7.32. The monoisotopic (exact) mass is 247 g/mol. The summed E-state index contributed by atoms with van der Waals surface area (Å²) in [4.78, 5) is 0. The van der Waals surface area contributed by atoms with Crippen LogP contribution < -0.4 is 5.32 Å². The minimum atomic E-state index is 0.499. The van der Waals surface area contributed by atoms with Crippen LogP contribution in [-0.4, -0.2) is 17.7 Å². The number of hydrogen-bond donors (Lipinski definition) is 2. The molecular weight excluding hydrogens is 222 g/mol. The minimum Gasteiger partial charge on any atom is -0.508 e. The van der Waals surface area contributed by atoms with Crippen LogP contribution in [0.15, 0.2) is 12.1 Å². The molecule has 0 bridgehead atoms. The molecule has 1 atom stereocenters. The van der Waals surface area contributed by atoms with Gasteiger partial charge >= 0.3 is 0 Å². The van der Waals surface area contributed by atoms with Crippen molar-refractivity contribution in [3.63, 3.8) is 0 Å². The SMILES string of the molecule is CCCN[C@H]1CCc2c(O)ccc(CCC)c2C1. The fourth-order valence-corrected chi connectivity index (χ4v) is 2.96. The zero-order valence-electron chi connectivity index (χ0n) is 11.6. The van der Waals surface area contributed by atoms with Crippen molar-refractivity contribution in [1.82, 2.24) is 5.32 Å². The summed E-state index contributed by atoms with van der Waals surface area (Å²) in [6.45, 7) is 5.52. The molecule has 2 nitrogen and oxygen atoms in total. The van der Waals surface area contributed by atoms with E-state index >= 15 is 0 Å². The van der Waals surface area contributed by atoms with Crippen molar-refractivity contribution in [1.29, 1.82) is 0 Å². The summed E-state index contributed by atoms with van der Waals surface area (Å²) < 4.78 is 0. The van der Waals surface area contributed by atoms with Gasteiger partial charge < -0.3 is 10.4 Å². The second-order valence-corrected chi connectivity index (χ2v) is 5.34. The summed E-state index contributed by atoms with van der Waals surface area (Å²) in [6, 6.07) is 4.58. The van der Waals surface area contributed by atoms with Crippen molar-refractivity contribution < 1.29 is 5.11 Å². The first-order chi connectivity index (χ1) is 8.76. The third kappa shape index (κ3) is 2.86. The molecule has 0 fully saturated rings. The number of aromatic hydroxyl groups is 1. The molecule has 2 N–H and O–H groups in total. The van der Waals surface area contributed by atoms with Crippen LogP contribution in [-0.2, 0) is 19.3 Å². The van der Waals surface area contributed by atoms with Crippen LogP contribution in [0.4, 0.5) is 0 Å². The van der Waals surface area contributed by atoms with Gasteiger partial charge in [0.15, 0.2) is 0 Å². The van der Waals surface area contributed by atoms with Crippen molar-refractivity contribution in [2.45, 2.75) is 58.4 Å². The Balaban J connectivity index is 2.19. The van der Waals surface area contributed by atoms with E-state index in [0.717, 1.165) is 32.2 Å². The Morgan fingerprint density at radius 3 is 2.78 bits per heavy atom. The largest absolute Gasteiger partial charge is 0.508 e. The Hall–Kier alpha value is -1.02. The van der Waals surface area contributed by atoms with Gasteiger partial charge in [0, 0.05) is 6.04 Å². The third-order valence-electron chi connectivity index (χ3n) is 3.90. The molecule has 18 heavy (non-hydrogen) atoms. The van der Waals surface area contributed by atoms with E-state index < -0.39 is 0 Å². The van der Waals surface area contributed by atoms with Crippen LogP contribution in [0.25, 0.3) is 0 Å². The van der Waals surface area contributed by atoms with Crippen molar-refractivity contribution in [2.75, 3.05) is 6.54 Å². The fraction of sp³-hybridized carbons (Fsp3) is 0.625. The zero-order chi connectivity index (χ0) is 13.0. The Morgan fingerprint density at radius 2 is 2.06 bits per heavy atom. The van der Waals surface area contributed by atoms with Crippen LogP contribution in [0.5, 0.6) is 5.75 Å². The van der Waals surface area contributed by atoms with Crippen molar-refractivity contribution in [3.05, 3.63) is 28.8 Å². The lowest BCUT2D eigenvalue weighted by Crippen LogP contribution is -2.35. The summed E-state index contributed by atoms with van der Waals surface area (Å²) in [5.41, 5.74) is 4.06. The van der Waals surface area contributed by atoms with E-state index in [1.807, 2.05) is 6.07 Å². The van der Waals surface area contributed by atoms with Gasteiger partial charge in [-0.15, -0.1) is 0 Å². The molecule has 0 unspecified atom stereocenters. The number of hydrogen-bond acceptors (Lipinski definition) is 2. The van der Waals surface area contributed by atoms with Crippen molar-refractivity contribution >= 4 is 0 Å². The van der Waals surface area contributed by atoms with Crippen LogP contribution in [0.2, 0.25) is 0 Å². The highest BCUT2D eigenvalue weighted by molar-refractivity contribution is 5.46. The highest BCUT2D eigenvalue weighted by atomic mass is 16.3. The van der Waals surface area contributed by atoms with Gasteiger partial charge in [-0.2, -0.15) is 0 Å². The molecule has 1 aliphatic carbocycles. The first kappa shape index (κ1) is 13.4. The molecule has 0 saturated heterocycles. The second kappa shape index (κ2) is 6.24. The van der Waals surface area contributed by atoms with Crippen LogP contribution in [0.3, 0.4) is 0 Å². The molecule has 0 aromatic heterocycles. The molecule has 1 aromatic carbocycles. The molecule has 2 rings (SSSR count). The topological polar surface area (TPSA) is 32.3 Å². The lowest BCUT2D eigenvalue weighted by molar-refractivity contribution is 0.430. The second-order valence-electron chi connectivity index (χ2n) is 5.34. The Morgan fingerprint density at radius 1 is 1.22 bits per heavy atom. The number of phenolic OH excluding ortho intramolecular Hbond substituents is 1. The van der Waals surface area contributed by atoms with Crippen LogP contribution in [0.1, 0.15) is 49.8 Å². The highest BCUT2D eigenvalue weighted by Crippen LogP contribution is 2.32. The maximum Gasteiger partial charge on any atom is 0.119 e. The van der Waals surface area contributed by atoms with Crippen molar-refractivity contribution in [2.24, 2.45) is 0 Å². The summed E-state index contributed by atoms with van der Waals surface area (Å²) in [7, 11) is 0. The maximum atomic E-state index is 9.99. The lowest BCUT2D eigenvalue weighted by Gasteiger charge is -2.28. The van der Waals surface area contributed by atoms with Gasteiger partial charge in [-0.1, -0.05) is 26.3 Å². The van der Waals surface area contributed by atoms with E-state index in [1.54, 1.807) is 0 Å². The fourth-order valence-electron chi connectivity index (χ4n) is 2.96. The summed E-state index contributed by atoms with van der Waals surface area (Å²) >= 11 is 0. The summed E-state index contributed by atoms with van der Waals surface area (Å²) in [5.74, 6) is 0.499. The average molecular weight is 247 g/mol. The molecule has 100 valence electrons. The van der Waals surface area contributed by atoms with E-state index in [-0.39, 0.29) is 0 Å². The summed E-state index contributed by atoms with van der Waals surface area (Å²) in [5, 5.41) is 13.6. The Bertz CT molecular complexity index is 400. The van der Waals surface area contributed by atoms with E-state index in [2.05, 4.69) is 25.2 Å². The molecule has 0 saturated carbocycles. The molecule has 0 radical (unpaired) electrons. The molecule has 0 amide bonds. The molecule has 0 spiro atoms. The third-order valence-corrected chi connectivity index (χ3v) is 3.90. The number of phenols is 1. The number of fused-ring (bicyclic) bond motifs is 1. The van der Waals surface area contributed by atoms with Gasteiger partial charge in [-0.3, -0.25) is 0 Å². The predicted molar refractivity (Wildman–Crippen MR) is 76.2 cm³/mol. The minimum absolute atomic E-state index is 0.499. The first-order valence-corrected chi connectivity index (χ1v) is 7.32. The van der Waals surface area contributed by atoms with Gasteiger partial charge in [0.25, 0.3) is 0 Å². The van der Waals surface area contributed by atoms with E-state index in [9.17, 15) is 5.11 Å². The number of aryl methyl sites for hydroxylation is 1. The number of nitrogens with one attached hydrogen (secondary N) is 1. The molecule has 0 heterocycles. The van der Waals surface area contributed by atoms with Crippen molar-refractivity contribution in [3.8, 4) is 5.75 Å². The van der Waals surface area contributed by atoms with Gasteiger partial charge in [0.05, 0.1) is 0 Å².